The van der Waals surface area contributed by atoms with Crippen molar-refractivity contribution in [3.63, 3.8) is 0 Å². The largest absolute Gasteiger partial charge is 0.335 e. The minimum atomic E-state index is -4.12. The number of anilines is 1. The summed E-state index contributed by atoms with van der Waals surface area (Å²) in [5, 5.41) is 18.3. The van der Waals surface area contributed by atoms with Crippen LogP contribution in [-0.2, 0) is 10.0 Å². The Hall–Kier alpha value is -3.13. The van der Waals surface area contributed by atoms with Gasteiger partial charge in [-0.05, 0) is 54.4 Å². The fourth-order valence-corrected chi connectivity index (χ4v) is 6.91. The van der Waals surface area contributed by atoms with Gasteiger partial charge < -0.3 is 5.32 Å². The molecule has 1 fully saturated rings. The van der Waals surface area contributed by atoms with Gasteiger partial charge in [-0.3, -0.25) is 15.5 Å². The van der Waals surface area contributed by atoms with Crippen LogP contribution in [-0.4, -0.2) is 48.2 Å². The zero-order valence-electron chi connectivity index (χ0n) is 19.9. The van der Waals surface area contributed by atoms with Gasteiger partial charge in [-0.25, -0.2) is 17.5 Å². The van der Waals surface area contributed by atoms with Crippen LogP contribution < -0.4 is 10.7 Å². The average Bonchev–Trinajstić information content (AvgIpc) is 3.33. The molecule has 10 nitrogen and oxygen atoms in total. The summed E-state index contributed by atoms with van der Waals surface area (Å²) in [7, 11) is -4.12. The van der Waals surface area contributed by atoms with Crippen molar-refractivity contribution in [1.29, 1.82) is 0 Å². The number of rotatable bonds is 9. The number of carbonyl (C=O) groups excluding carboxylic acids is 1. The normalized spacial score (nSPS) is 13.9. The minimum absolute atomic E-state index is 0.0139. The molecule has 4 rings (SSSR count). The summed E-state index contributed by atoms with van der Waals surface area (Å²) in [6.07, 6.45) is 0. The Bertz CT molecular complexity index is 1520. The van der Waals surface area contributed by atoms with E-state index in [-0.39, 0.29) is 29.4 Å². The molecule has 1 saturated heterocycles. The topological polar surface area (TPSA) is 134 Å². The van der Waals surface area contributed by atoms with E-state index < -0.39 is 21.0 Å². The number of sulfonamides is 1. The third-order valence-corrected chi connectivity index (χ3v) is 9.50. The first-order valence-electron chi connectivity index (χ1n) is 11.1. The third kappa shape index (κ3) is 6.29. The van der Waals surface area contributed by atoms with E-state index in [1.165, 1.54) is 30.0 Å². The molecule has 1 aliphatic heterocycles. The molecule has 3 aromatic rings. The number of non-ortho nitro benzene ring substituents is 1. The van der Waals surface area contributed by atoms with Gasteiger partial charge in [0.25, 0.3) is 15.7 Å². The number of hydrogen-bond donors (Lipinski definition) is 2. The number of nitro benzene ring substituents is 1. The summed E-state index contributed by atoms with van der Waals surface area (Å²) < 4.78 is 28.5. The average molecular weight is 639 g/mol. The van der Waals surface area contributed by atoms with Crippen LogP contribution in [0.5, 0.6) is 0 Å². The smallest absolute Gasteiger partial charge is 0.331 e. The van der Waals surface area contributed by atoms with E-state index in [9.17, 15) is 23.3 Å². The molecule has 3 aromatic carbocycles. The third-order valence-electron chi connectivity index (χ3n) is 5.55. The Labute approximate surface area is 236 Å². The zero-order chi connectivity index (χ0) is 27.4. The number of hydrogen-bond acceptors (Lipinski definition) is 8. The first-order chi connectivity index (χ1) is 18.1. The highest BCUT2D eigenvalue weighted by molar-refractivity contribution is 9.10. The lowest BCUT2D eigenvalue weighted by atomic mass is 10.1. The van der Waals surface area contributed by atoms with Gasteiger partial charge in [0.15, 0.2) is 0 Å². The summed E-state index contributed by atoms with van der Waals surface area (Å²) in [6, 6.07) is 15.6. The maximum Gasteiger partial charge on any atom is 0.331 e. The number of nitro groups is 1. The highest BCUT2D eigenvalue weighted by Gasteiger charge is 2.35. The molecule has 0 atom stereocenters. The number of benzene rings is 3. The fourth-order valence-electron chi connectivity index (χ4n) is 3.51. The van der Waals surface area contributed by atoms with Gasteiger partial charge in [0.2, 0.25) is 0 Å². The number of nitrogens with zero attached hydrogens (tertiary/aromatic N) is 3. The highest BCUT2D eigenvalue weighted by atomic mass is 79.9. The highest BCUT2D eigenvalue weighted by Crippen LogP contribution is 2.34. The van der Waals surface area contributed by atoms with Gasteiger partial charge in [0.05, 0.1) is 22.9 Å². The van der Waals surface area contributed by atoms with Crippen LogP contribution in [0.25, 0.3) is 0 Å². The van der Waals surface area contributed by atoms with Crippen LogP contribution in [0.1, 0.15) is 11.1 Å². The molecule has 0 saturated carbocycles. The molecule has 1 aliphatic rings. The Morgan fingerprint density at radius 3 is 2.50 bits per heavy atom. The van der Waals surface area contributed by atoms with E-state index in [0.717, 1.165) is 14.3 Å². The Morgan fingerprint density at radius 1 is 1.21 bits per heavy atom. The number of hydrazone groups is 1. The molecule has 14 heteroatoms. The first-order valence-corrected chi connectivity index (χ1v) is 14.7. The van der Waals surface area contributed by atoms with E-state index >= 15 is 0 Å². The molecule has 0 aromatic heterocycles. The number of thioether (sulfide) groups is 1. The van der Waals surface area contributed by atoms with Gasteiger partial charge in [-0.15, -0.1) is 11.8 Å². The number of nitrogens with one attached hydrogen (secondary N) is 2. The lowest BCUT2D eigenvalue weighted by Gasteiger charge is -2.19. The van der Waals surface area contributed by atoms with Crippen molar-refractivity contribution in [2.24, 2.45) is 5.10 Å². The summed E-state index contributed by atoms with van der Waals surface area (Å²) in [6.45, 7) is 1.97. The van der Waals surface area contributed by atoms with Crippen LogP contribution >= 0.6 is 39.3 Å². The SMILES string of the molecule is Cc1cc(S(=O)(=O)N2CCNC2=O)c(SC/C(=N/Nc2ccc([N+](=O)[O-])cc2)c2ccc(Br)cc2)cc1Cl. The predicted octanol–water partition coefficient (Wildman–Crippen LogP) is 5.64. The molecule has 0 bridgehead atoms. The van der Waals surface area contributed by atoms with Crippen molar-refractivity contribution in [3.05, 3.63) is 91.4 Å². The predicted molar refractivity (Wildman–Crippen MR) is 152 cm³/mol. The molecule has 2 amide bonds. The quantitative estimate of drug-likeness (QED) is 0.134. The Morgan fingerprint density at radius 2 is 1.89 bits per heavy atom. The molecule has 1 heterocycles. The van der Waals surface area contributed by atoms with E-state index in [2.05, 4.69) is 31.8 Å². The number of carbonyl (C=O) groups is 1. The van der Waals surface area contributed by atoms with Crippen molar-refractivity contribution in [2.45, 2.75) is 16.7 Å². The number of amides is 2. The maximum atomic E-state index is 13.4. The van der Waals surface area contributed by atoms with Crippen LogP contribution in [0.4, 0.5) is 16.2 Å². The summed E-state index contributed by atoms with van der Waals surface area (Å²) in [5.41, 5.74) is 5.33. The molecule has 0 radical (unpaired) electrons. The Kier molecular flexibility index (Phi) is 8.61. The molecule has 38 heavy (non-hydrogen) atoms. The molecule has 0 spiro atoms. The second-order valence-corrected chi connectivity index (χ2v) is 12.3. The van der Waals surface area contributed by atoms with Crippen molar-refractivity contribution in [1.82, 2.24) is 9.62 Å². The van der Waals surface area contributed by atoms with Gasteiger partial charge >= 0.3 is 6.03 Å². The first kappa shape index (κ1) is 27.9. The van der Waals surface area contributed by atoms with Crippen molar-refractivity contribution >= 4 is 72.4 Å². The molecule has 198 valence electrons. The van der Waals surface area contributed by atoms with E-state index in [1.807, 2.05) is 24.3 Å². The van der Waals surface area contributed by atoms with Gasteiger partial charge in [0.1, 0.15) is 4.90 Å². The fraction of sp³-hybridized carbons (Fsp3) is 0.167. The maximum absolute atomic E-state index is 13.4. The molecule has 0 unspecified atom stereocenters. The van der Waals surface area contributed by atoms with Crippen LogP contribution in [0.2, 0.25) is 5.02 Å². The van der Waals surface area contributed by atoms with Crippen molar-refractivity contribution in [2.75, 3.05) is 24.3 Å². The zero-order valence-corrected chi connectivity index (χ0v) is 23.8. The summed E-state index contributed by atoms with van der Waals surface area (Å²) in [4.78, 5) is 23.0. The number of urea groups is 1. The van der Waals surface area contributed by atoms with Crippen molar-refractivity contribution < 1.29 is 18.1 Å². The van der Waals surface area contributed by atoms with Crippen molar-refractivity contribution in [3.8, 4) is 0 Å². The van der Waals surface area contributed by atoms with Gasteiger partial charge in [-0.1, -0.05) is 39.7 Å². The summed E-state index contributed by atoms with van der Waals surface area (Å²) in [5.74, 6) is 0.246. The Balaban J connectivity index is 1.66. The van der Waals surface area contributed by atoms with E-state index in [4.69, 9.17) is 11.6 Å². The van der Waals surface area contributed by atoms with Crippen LogP contribution in [0.15, 0.2) is 80.0 Å². The minimum Gasteiger partial charge on any atom is -0.335 e. The lowest BCUT2D eigenvalue weighted by Crippen LogP contribution is -2.34. The van der Waals surface area contributed by atoms with Gasteiger partial charge in [-0.2, -0.15) is 5.10 Å². The van der Waals surface area contributed by atoms with E-state index in [0.29, 0.717) is 26.9 Å². The number of aryl methyl sites for hydroxylation is 1. The second kappa shape index (κ2) is 11.7. The van der Waals surface area contributed by atoms with Crippen LogP contribution in [0.3, 0.4) is 0 Å². The standard InChI is InChI=1S/C24H21BrClN5O5S2/c1-15-12-23(38(35,36)30-11-10-27-24(30)32)22(13-20(15)26)37-14-21(16-2-4-17(25)5-3-16)29-28-18-6-8-19(9-7-18)31(33)34/h2-9,12-13,28H,10-11,14H2,1H3,(H,27,32)/b29-21-. The monoisotopic (exact) mass is 637 g/mol. The second-order valence-electron chi connectivity index (χ2n) is 8.13. The molecular weight excluding hydrogens is 618 g/mol. The number of halogens is 2. The van der Waals surface area contributed by atoms with E-state index in [1.54, 1.807) is 25.1 Å². The molecule has 2 N–H and O–H groups in total. The molecular formula is C24H21BrClN5O5S2. The van der Waals surface area contributed by atoms with Crippen LogP contribution in [0, 0.1) is 17.0 Å². The summed E-state index contributed by atoms with van der Waals surface area (Å²) >= 11 is 11.0. The van der Waals surface area contributed by atoms with Gasteiger partial charge in [0, 0.05) is 38.8 Å². The molecule has 0 aliphatic carbocycles. The lowest BCUT2D eigenvalue weighted by molar-refractivity contribution is -0.384.